The van der Waals surface area contributed by atoms with Crippen molar-refractivity contribution < 1.29 is 13.9 Å². The monoisotopic (exact) mass is 489 g/mol. The van der Waals surface area contributed by atoms with Crippen LogP contribution in [0.2, 0.25) is 0 Å². The number of nitrogens with zero attached hydrogens (tertiary/aromatic N) is 6. The van der Waals surface area contributed by atoms with Crippen LogP contribution in [0.4, 0.5) is 15.9 Å². The molecule has 2 heterocycles. The first kappa shape index (κ1) is 24.8. The Hall–Kier alpha value is -4.31. The fourth-order valence-electron chi connectivity index (χ4n) is 3.84. The number of methoxy groups -OCH3 is 1. The van der Waals surface area contributed by atoms with Crippen LogP contribution in [-0.2, 0) is 4.79 Å². The van der Waals surface area contributed by atoms with Crippen LogP contribution >= 0.6 is 0 Å². The van der Waals surface area contributed by atoms with Crippen molar-refractivity contribution >= 4 is 28.4 Å². The molecule has 0 saturated heterocycles. The van der Waals surface area contributed by atoms with Gasteiger partial charge in [-0.15, -0.1) is 0 Å². The summed E-state index contributed by atoms with van der Waals surface area (Å²) in [6.07, 6.45) is 4.46. The molecule has 1 amide bonds. The SMILES string of the molecule is COc1cc(-c2nn(-c3cccc(N(C)C(=O)C=CCN(C)C)c3F)c3ncnc(N)c23)ccc1C. The number of hydrogen-bond acceptors (Lipinski definition) is 7. The maximum atomic E-state index is 15.8. The van der Waals surface area contributed by atoms with Gasteiger partial charge in [0.1, 0.15) is 29.3 Å². The van der Waals surface area contributed by atoms with E-state index in [9.17, 15) is 4.79 Å². The lowest BCUT2D eigenvalue weighted by Crippen LogP contribution is -2.26. The van der Waals surface area contributed by atoms with Crippen LogP contribution in [0.1, 0.15) is 5.56 Å². The minimum Gasteiger partial charge on any atom is -0.496 e. The second-order valence-corrected chi connectivity index (χ2v) is 8.57. The van der Waals surface area contributed by atoms with Crippen LogP contribution in [-0.4, -0.2) is 65.4 Å². The van der Waals surface area contributed by atoms with E-state index in [0.717, 1.165) is 11.1 Å². The summed E-state index contributed by atoms with van der Waals surface area (Å²) in [6.45, 7) is 2.53. The minimum absolute atomic E-state index is 0.108. The van der Waals surface area contributed by atoms with Gasteiger partial charge in [0.2, 0.25) is 0 Å². The van der Waals surface area contributed by atoms with E-state index in [1.54, 1.807) is 25.3 Å². The van der Waals surface area contributed by atoms with Crippen molar-refractivity contribution in [2.24, 2.45) is 0 Å². The molecule has 4 rings (SSSR count). The van der Waals surface area contributed by atoms with Crippen molar-refractivity contribution in [3.05, 3.63) is 66.3 Å². The number of hydrogen-bond donors (Lipinski definition) is 1. The molecule has 0 spiro atoms. The normalized spacial score (nSPS) is 11.5. The fourth-order valence-corrected chi connectivity index (χ4v) is 3.84. The second-order valence-electron chi connectivity index (χ2n) is 8.57. The van der Waals surface area contributed by atoms with Crippen LogP contribution in [0, 0.1) is 12.7 Å². The highest BCUT2D eigenvalue weighted by molar-refractivity contribution is 6.02. The Morgan fingerprint density at radius 2 is 1.97 bits per heavy atom. The van der Waals surface area contributed by atoms with E-state index in [0.29, 0.717) is 29.0 Å². The summed E-state index contributed by atoms with van der Waals surface area (Å²) >= 11 is 0. The topological polar surface area (TPSA) is 102 Å². The standard InChI is InChI=1S/C26H28FN7O2/c1-16-11-12-17(14-20(16)36-5)24-22-25(28)29-15-30-26(22)34(31-24)19-9-6-8-18(23(19)27)33(4)21(35)10-7-13-32(2)3/h6-12,14-15H,13H2,1-5H3,(H2,28,29,30). The van der Waals surface area contributed by atoms with Gasteiger partial charge in [-0.05, 0) is 44.8 Å². The molecule has 186 valence electrons. The highest BCUT2D eigenvalue weighted by atomic mass is 19.1. The molecular formula is C26H28FN7O2. The average molecular weight is 490 g/mol. The molecule has 0 saturated carbocycles. The van der Waals surface area contributed by atoms with Crippen molar-refractivity contribution in [2.75, 3.05) is 45.4 Å². The van der Waals surface area contributed by atoms with Crippen LogP contribution in [0.25, 0.3) is 28.0 Å². The van der Waals surface area contributed by atoms with Gasteiger partial charge in [0.15, 0.2) is 11.5 Å². The Bertz CT molecular complexity index is 1460. The molecular weight excluding hydrogens is 461 g/mol. The first-order valence-corrected chi connectivity index (χ1v) is 11.2. The van der Waals surface area contributed by atoms with Gasteiger partial charge in [0, 0.05) is 25.2 Å². The lowest BCUT2D eigenvalue weighted by molar-refractivity contribution is -0.113. The molecule has 0 fully saturated rings. The third-order valence-corrected chi connectivity index (χ3v) is 5.78. The van der Waals surface area contributed by atoms with Gasteiger partial charge in [0.05, 0.1) is 18.2 Å². The van der Waals surface area contributed by atoms with Crippen molar-refractivity contribution in [2.45, 2.75) is 6.92 Å². The van der Waals surface area contributed by atoms with Gasteiger partial charge in [-0.2, -0.15) is 5.10 Å². The zero-order valence-corrected chi connectivity index (χ0v) is 20.9. The molecule has 4 aromatic rings. The predicted molar refractivity (Wildman–Crippen MR) is 139 cm³/mol. The number of rotatable bonds is 7. The summed E-state index contributed by atoms with van der Waals surface area (Å²) in [4.78, 5) is 24.3. The summed E-state index contributed by atoms with van der Waals surface area (Å²) in [5.41, 5.74) is 8.95. The summed E-state index contributed by atoms with van der Waals surface area (Å²) in [5, 5.41) is 5.18. The van der Waals surface area contributed by atoms with E-state index < -0.39 is 5.82 Å². The summed E-state index contributed by atoms with van der Waals surface area (Å²) in [6, 6.07) is 10.4. The quantitative estimate of drug-likeness (QED) is 0.396. The number of nitrogen functional groups attached to an aromatic ring is 1. The summed E-state index contributed by atoms with van der Waals surface area (Å²) in [7, 11) is 6.91. The highest BCUT2D eigenvalue weighted by Crippen LogP contribution is 2.35. The Balaban J connectivity index is 1.84. The van der Waals surface area contributed by atoms with Crippen LogP contribution in [0.3, 0.4) is 0 Å². The zero-order valence-electron chi connectivity index (χ0n) is 20.9. The number of fused-ring (bicyclic) bond motifs is 1. The van der Waals surface area contributed by atoms with Gasteiger partial charge < -0.3 is 20.3 Å². The first-order valence-electron chi connectivity index (χ1n) is 11.2. The minimum atomic E-state index is -0.621. The van der Waals surface area contributed by atoms with Crippen LogP contribution in [0.15, 0.2) is 54.9 Å². The number of aromatic nitrogens is 4. The molecule has 0 unspecified atom stereocenters. The van der Waals surface area contributed by atoms with Gasteiger partial charge in [-0.25, -0.2) is 19.0 Å². The largest absolute Gasteiger partial charge is 0.496 e. The summed E-state index contributed by atoms with van der Waals surface area (Å²) in [5.74, 6) is -0.0712. The van der Waals surface area contributed by atoms with Crippen molar-refractivity contribution in [1.29, 1.82) is 0 Å². The molecule has 9 nitrogen and oxygen atoms in total. The van der Waals surface area contributed by atoms with Gasteiger partial charge in [-0.1, -0.05) is 24.3 Å². The molecule has 2 aromatic heterocycles. The number of amides is 1. The number of anilines is 2. The molecule has 36 heavy (non-hydrogen) atoms. The number of likely N-dealkylation sites (N-methyl/N-ethyl adjacent to an activating group) is 2. The van der Waals surface area contributed by atoms with Crippen LogP contribution < -0.4 is 15.4 Å². The van der Waals surface area contributed by atoms with Gasteiger partial charge in [0.25, 0.3) is 5.91 Å². The Labute approximate surface area is 208 Å². The third-order valence-electron chi connectivity index (χ3n) is 5.78. The van der Waals surface area contributed by atoms with Crippen molar-refractivity contribution in [3.8, 4) is 22.7 Å². The lowest BCUT2D eigenvalue weighted by atomic mass is 10.1. The van der Waals surface area contributed by atoms with E-state index in [-0.39, 0.29) is 23.1 Å². The first-order chi connectivity index (χ1) is 17.2. The molecule has 10 heteroatoms. The molecule has 2 aromatic carbocycles. The van der Waals surface area contributed by atoms with Gasteiger partial charge in [-0.3, -0.25) is 4.79 Å². The zero-order chi connectivity index (χ0) is 26.0. The highest BCUT2D eigenvalue weighted by Gasteiger charge is 2.23. The van der Waals surface area contributed by atoms with E-state index in [1.807, 2.05) is 44.1 Å². The Morgan fingerprint density at radius 3 is 2.69 bits per heavy atom. The second kappa shape index (κ2) is 10.1. The molecule has 0 bridgehead atoms. The van der Waals surface area contributed by atoms with E-state index in [4.69, 9.17) is 10.5 Å². The smallest absolute Gasteiger partial charge is 0.250 e. The van der Waals surface area contributed by atoms with Crippen molar-refractivity contribution in [1.82, 2.24) is 24.6 Å². The third kappa shape index (κ3) is 4.63. The van der Waals surface area contributed by atoms with Gasteiger partial charge >= 0.3 is 0 Å². The molecule has 0 aliphatic heterocycles. The number of carbonyl (C=O) groups excluding carboxylic acids is 1. The average Bonchev–Trinajstić information content (AvgIpc) is 3.24. The predicted octanol–water partition coefficient (Wildman–Crippen LogP) is 3.60. The van der Waals surface area contributed by atoms with E-state index in [1.165, 1.54) is 35.1 Å². The maximum Gasteiger partial charge on any atom is 0.250 e. The molecule has 0 radical (unpaired) electrons. The van der Waals surface area contributed by atoms with Crippen LogP contribution in [0.5, 0.6) is 5.75 Å². The number of ether oxygens (including phenoxy) is 1. The number of carbonyl (C=O) groups is 1. The Morgan fingerprint density at radius 1 is 1.19 bits per heavy atom. The molecule has 0 aliphatic rings. The fraction of sp³-hybridized carbons (Fsp3) is 0.231. The maximum absolute atomic E-state index is 15.8. The summed E-state index contributed by atoms with van der Waals surface area (Å²) < 4.78 is 22.7. The van der Waals surface area contributed by atoms with E-state index in [2.05, 4.69) is 15.1 Å². The van der Waals surface area contributed by atoms with Crippen molar-refractivity contribution in [3.63, 3.8) is 0 Å². The molecule has 0 aliphatic carbocycles. The number of nitrogens with two attached hydrogens (primary N) is 1. The molecule has 2 N–H and O–H groups in total. The lowest BCUT2D eigenvalue weighted by Gasteiger charge is -2.18. The number of benzene rings is 2. The number of aryl methyl sites for hydroxylation is 1. The molecule has 0 atom stereocenters. The van der Waals surface area contributed by atoms with E-state index >= 15 is 4.39 Å². The number of halogens is 1. The Kier molecular flexibility index (Phi) is 6.98.